The third-order valence-corrected chi connectivity index (χ3v) is 4.20. The fourth-order valence-electron chi connectivity index (χ4n) is 2.00. The van der Waals surface area contributed by atoms with Crippen molar-refractivity contribution in [3.8, 4) is 11.4 Å². The van der Waals surface area contributed by atoms with Crippen LogP contribution in [0.3, 0.4) is 0 Å². The molecule has 0 saturated carbocycles. The number of hydrogen-bond donors (Lipinski definition) is 0. The van der Waals surface area contributed by atoms with Crippen molar-refractivity contribution in [2.24, 2.45) is 0 Å². The monoisotopic (exact) mass is 333 g/mol. The summed E-state index contributed by atoms with van der Waals surface area (Å²) >= 11 is 7.24. The predicted octanol–water partition coefficient (Wildman–Crippen LogP) is 4.18. The van der Waals surface area contributed by atoms with Crippen LogP contribution in [-0.4, -0.2) is 21.1 Å². The second kappa shape index (κ2) is 6.37. The van der Waals surface area contributed by atoms with Crippen molar-refractivity contribution in [3.63, 3.8) is 0 Å². The zero-order valence-electron chi connectivity index (χ0n) is 11.7. The number of benzene rings is 1. The Labute approximate surface area is 136 Å². The van der Waals surface area contributed by atoms with Gasteiger partial charge in [0.25, 0.3) is 0 Å². The first-order valence-electron chi connectivity index (χ1n) is 6.63. The van der Waals surface area contributed by atoms with E-state index in [1.807, 2.05) is 35.8 Å². The van der Waals surface area contributed by atoms with E-state index in [2.05, 4.69) is 10.2 Å². The van der Waals surface area contributed by atoms with Crippen LogP contribution in [0.2, 0.25) is 5.02 Å². The van der Waals surface area contributed by atoms with Gasteiger partial charge in [-0.3, -0.25) is 4.79 Å². The first kappa shape index (κ1) is 14.9. The molecule has 3 rings (SSSR count). The first-order chi connectivity index (χ1) is 10.7. The van der Waals surface area contributed by atoms with Crippen molar-refractivity contribution in [1.29, 1.82) is 0 Å². The van der Waals surface area contributed by atoms with Gasteiger partial charge in [-0.05, 0) is 55.1 Å². The Morgan fingerprint density at radius 2 is 2.00 bits per heavy atom. The van der Waals surface area contributed by atoms with Gasteiger partial charge in [-0.2, -0.15) is 0 Å². The highest BCUT2D eigenvalue weighted by molar-refractivity contribution is 7.99. The number of carbonyl (C=O) groups is 1. The quantitative estimate of drug-likeness (QED) is 0.656. The molecule has 2 aromatic heterocycles. The van der Waals surface area contributed by atoms with Gasteiger partial charge in [0.2, 0.25) is 0 Å². The van der Waals surface area contributed by atoms with Crippen molar-refractivity contribution < 1.29 is 9.21 Å². The number of furan rings is 1. The van der Waals surface area contributed by atoms with Gasteiger partial charge in [-0.1, -0.05) is 11.6 Å². The van der Waals surface area contributed by atoms with E-state index < -0.39 is 0 Å². The molecule has 0 fully saturated rings. The smallest absolute Gasteiger partial charge is 0.199 e. The first-order valence-corrected chi connectivity index (χ1v) is 7.82. The molecule has 0 aliphatic rings. The molecule has 0 aliphatic heterocycles. The van der Waals surface area contributed by atoms with E-state index in [-0.39, 0.29) is 0 Å². The Bertz CT molecular complexity index is 795. The molecule has 0 bridgehead atoms. The van der Waals surface area contributed by atoms with Crippen molar-refractivity contribution in [1.82, 2.24) is 14.8 Å². The topological polar surface area (TPSA) is 60.9 Å². The Kier molecular flexibility index (Phi) is 4.31. The third kappa shape index (κ3) is 2.93. The summed E-state index contributed by atoms with van der Waals surface area (Å²) < 4.78 is 7.35. The second-order valence-corrected chi connectivity index (χ2v) is 5.84. The lowest BCUT2D eigenvalue weighted by atomic mass is 10.2. The average molecular weight is 334 g/mol. The van der Waals surface area contributed by atoms with Crippen LogP contribution in [0.5, 0.6) is 0 Å². The van der Waals surface area contributed by atoms with E-state index in [0.717, 1.165) is 11.4 Å². The molecule has 1 aromatic carbocycles. The molecule has 0 spiro atoms. The lowest BCUT2D eigenvalue weighted by molar-refractivity contribution is 0.109. The van der Waals surface area contributed by atoms with E-state index in [0.29, 0.717) is 33.9 Å². The maximum atomic E-state index is 10.7. The van der Waals surface area contributed by atoms with Crippen LogP contribution in [0.4, 0.5) is 0 Å². The van der Waals surface area contributed by atoms with Gasteiger partial charge in [0.05, 0.1) is 0 Å². The zero-order chi connectivity index (χ0) is 15.5. The summed E-state index contributed by atoms with van der Waals surface area (Å²) in [7, 11) is 0. The van der Waals surface area contributed by atoms with Crippen LogP contribution in [0, 0.1) is 0 Å². The molecule has 0 N–H and O–H groups in total. The minimum absolute atomic E-state index is 0.294. The molecule has 0 saturated heterocycles. The number of aromatic nitrogens is 3. The van der Waals surface area contributed by atoms with Gasteiger partial charge in [0.15, 0.2) is 28.1 Å². The molecule has 112 valence electrons. The fourth-order valence-corrected chi connectivity index (χ4v) is 2.99. The largest absolute Gasteiger partial charge is 0.447 e. The Hall–Kier alpha value is -2.05. The molecule has 0 atom stereocenters. The third-order valence-electron chi connectivity index (χ3n) is 3.05. The summed E-state index contributed by atoms with van der Waals surface area (Å²) in [6.45, 7) is 2.74. The number of hydrogen-bond acceptors (Lipinski definition) is 5. The lowest BCUT2D eigenvalue weighted by Gasteiger charge is -2.06. The molecule has 3 aromatic rings. The Morgan fingerprint density at radius 3 is 2.64 bits per heavy atom. The summed E-state index contributed by atoms with van der Waals surface area (Å²) in [6.07, 6.45) is 0.674. The molecule has 0 aliphatic carbocycles. The van der Waals surface area contributed by atoms with Crippen molar-refractivity contribution in [2.75, 3.05) is 0 Å². The SMILES string of the molecule is CCn1c(Sc2ccc(C=O)o2)nnc1-c1ccc(Cl)cc1. The summed E-state index contributed by atoms with van der Waals surface area (Å²) in [5.41, 5.74) is 0.943. The van der Waals surface area contributed by atoms with Gasteiger partial charge in [0.1, 0.15) is 0 Å². The molecule has 0 unspecified atom stereocenters. The van der Waals surface area contributed by atoms with Gasteiger partial charge in [-0.25, -0.2) is 0 Å². The highest BCUT2D eigenvalue weighted by Crippen LogP contribution is 2.30. The summed E-state index contributed by atoms with van der Waals surface area (Å²) in [6, 6.07) is 10.8. The van der Waals surface area contributed by atoms with Crippen molar-refractivity contribution in [3.05, 3.63) is 47.2 Å². The highest BCUT2D eigenvalue weighted by Gasteiger charge is 2.15. The summed E-state index contributed by atoms with van der Waals surface area (Å²) in [5, 5.41) is 10.4. The van der Waals surface area contributed by atoms with E-state index >= 15 is 0 Å². The predicted molar refractivity (Wildman–Crippen MR) is 84.4 cm³/mol. The minimum Gasteiger partial charge on any atom is -0.447 e. The van der Waals surface area contributed by atoms with Crippen LogP contribution < -0.4 is 0 Å². The van der Waals surface area contributed by atoms with Crippen molar-refractivity contribution >= 4 is 29.6 Å². The van der Waals surface area contributed by atoms with Gasteiger partial charge in [0, 0.05) is 17.1 Å². The maximum Gasteiger partial charge on any atom is 0.199 e. The molecule has 2 heterocycles. The summed E-state index contributed by atoms with van der Waals surface area (Å²) in [4.78, 5) is 10.7. The molecular weight excluding hydrogens is 322 g/mol. The molecule has 7 heteroatoms. The van der Waals surface area contributed by atoms with Crippen LogP contribution in [0.1, 0.15) is 17.5 Å². The van der Waals surface area contributed by atoms with Gasteiger partial charge >= 0.3 is 0 Å². The zero-order valence-corrected chi connectivity index (χ0v) is 13.3. The van der Waals surface area contributed by atoms with Crippen LogP contribution in [0.15, 0.2) is 51.1 Å². The van der Waals surface area contributed by atoms with Crippen LogP contribution in [-0.2, 0) is 6.54 Å². The highest BCUT2D eigenvalue weighted by atomic mass is 35.5. The molecular formula is C15H12ClN3O2S. The number of aldehydes is 1. The molecule has 5 nitrogen and oxygen atoms in total. The lowest BCUT2D eigenvalue weighted by Crippen LogP contribution is -1.99. The normalized spacial score (nSPS) is 10.8. The fraction of sp³-hybridized carbons (Fsp3) is 0.133. The number of carbonyl (C=O) groups excluding carboxylic acids is 1. The molecule has 22 heavy (non-hydrogen) atoms. The minimum atomic E-state index is 0.294. The van der Waals surface area contributed by atoms with Crippen LogP contribution >= 0.6 is 23.4 Å². The maximum absolute atomic E-state index is 10.7. The summed E-state index contributed by atoms with van der Waals surface area (Å²) in [5.74, 6) is 1.06. The molecule has 0 amide bonds. The average Bonchev–Trinajstić information content (AvgIpc) is 3.15. The number of halogens is 1. The van der Waals surface area contributed by atoms with E-state index in [1.165, 1.54) is 11.8 Å². The number of nitrogens with zero attached hydrogens (tertiary/aromatic N) is 3. The molecule has 0 radical (unpaired) electrons. The standard InChI is InChI=1S/C15H12ClN3O2S/c1-2-19-14(10-3-5-11(16)6-4-10)17-18-15(19)22-13-8-7-12(9-20)21-13/h3-9H,2H2,1H3. The Balaban J connectivity index is 1.92. The van der Waals surface area contributed by atoms with E-state index in [9.17, 15) is 4.79 Å². The van der Waals surface area contributed by atoms with Crippen LogP contribution in [0.25, 0.3) is 11.4 Å². The van der Waals surface area contributed by atoms with E-state index in [4.69, 9.17) is 16.0 Å². The van der Waals surface area contributed by atoms with Gasteiger partial charge < -0.3 is 8.98 Å². The van der Waals surface area contributed by atoms with Crippen molar-refractivity contribution in [2.45, 2.75) is 23.7 Å². The van der Waals surface area contributed by atoms with E-state index in [1.54, 1.807) is 12.1 Å². The Morgan fingerprint density at radius 1 is 1.23 bits per heavy atom. The van der Waals surface area contributed by atoms with Gasteiger partial charge in [-0.15, -0.1) is 10.2 Å². The number of rotatable bonds is 5. The second-order valence-electron chi connectivity index (χ2n) is 4.43.